The first kappa shape index (κ1) is 21.9. The molecule has 2 aromatic heterocycles. The van der Waals surface area contributed by atoms with Crippen LogP contribution in [0.5, 0.6) is 0 Å². The molecule has 5 nitrogen and oxygen atoms in total. The second-order valence-corrected chi connectivity index (χ2v) is 8.58. The zero-order valence-corrected chi connectivity index (χ0v) is 19.3. The molecule has 0 bridgehead atoms. The van der Waals surface area contributed by atoms with Crippen molar-refractivity contribution in [2.24, 2.45) is 0 Å². The number of hydrogen-bond donors (Lipinski definition) is 1. The molecule has 0 radical (unpaired) electrons. The van der Waals surface area contributed by atoms with Crippen molar-refractivity contribution in [3.8, 4) is 11.1 Å². The quantitative estimate of drug-likeness (QED) is 0.229. The molecule has 0 spiro atoms. The van der Waals surface area contributed by atoms with Crippen LogP contribution < -0.4 is 5.56 Å². The van der Waals surface area contributed by atoms with Gasteiger partial charge in [-0.05, 0) is 54.0 Å². The van der Waals surface area contributed by atoms with Gasteiger partial charge in [0.25, 0.3) is 5.56 Å². The molecule has 0 aliphatic rings. The Bertz CT molecular complexity index is 1610. The summed E-state index contributed by atoms with van der Waals surface area (Å²) in [7, 11) is 0. The molecule has 0 amide bonds. The Kier molecular flexibility index (Phi) is 5.86. The van der Waals surface area contributed by atoms with Gasteiger partial charge in [0.15, 0.2) is 5.78 Å². The van der Waals surface area contributed by atoms with Crippen molar-refractivity contribution in [2.45, 2.75) is 19.9 Å². The van der Waals surface area contributed by atoms with Crippen LogP contribution in [0.4, 0.5) is 0 Å². The minimum atomic E-state index is -0.431. The zero-order chi connectivity index (χ0) is 23.7. The third-order valence-corrected chi connectivity index (χ3v) is 6.05. The average Bonchev–Trinajstić information content (AvgIpc) is 3.25. The first-order chi connectivity index (χ1) is 16.5. The van der Waals surface area contributed by atoms with Crippen LogP contribution in [-0.2, 0) is 6.54 Å². The summed E-state index contributed by atoms with van der Waals surface area (Å²) in [5, 5.41) is 6.69. The number of halogens is 1. The standard InChI is InChI=1S/C28H22ClN3O2/c1-2-14-32-24-12-8-18(15-20(24)17-30-32)9-13-25(33)27-26(19-6-4-3-5-7-19)22-16-21(29)10-11-23(22)31-28(27)34/h3-13,15-17H,2,14H2,1H3,(H,31,34)/b13-9+. The molecule has 0 saturated heterocycles. The van der Waals surface area contributed by atoms with E-state index in [-0.39, 0.29) is 11.3 Å². The summed E-state index contributed by atoms with van der Waals surface area (Å²) < 4.78 is 1.97. The van der Waals surface area contributed by atoms with Crippen LogP contribution in [0.15, 0.2) is 83.8 Å². The highest BCUT2D eigenvalue weighted by molar-refractivity contribution is 6.31. The van der Waals surface area contributed by atoms with Crippen LogP contribution in [0.1, 0.15) is 29.3 Å². The van der Waals surface area contributed by atoms with Crippen LogP contribution in [0, 0.1) is 0 Å². The lowest BCUT2D eigenvalue weighted by atomic mass is 9.94. The number of ketones is 1. The minimum absolute atomic E-state index is 0.0917. The predicted molar refractivity (Wildman–Crippen MR) is 138 cm³/mol. The lowest BCUT2D eigenvalue weighted by Gasteiger charge is -2.11. The summed E-state index contributed by atoms with van der Waals surface area (Å²) >= 11 is 6.26. The van der Waals surface area contributed by atoms with E-state index < -0.39 is 5.56 Å². The Labute approximate surface area is 201 Å². The van der Waals surface area contributed by atoms with Crippen molar-refractivity contribution in [3.05, 3.63) is 106 Å². The number of pyridine rings is 1. The number of aromatic amines is 1. The second kappa shape index (κ2) is 9.12. The molecule has 0 atom stereocenters. The van der Waals surface area contributed by atoms with Gasteiger partial charge < -0.3 is 4.98 Å². The van der Waals surface area contributed by atoms with E-state index in [9.17, 15) is 9.59 Å². The number of fused-ring (bicyclic) bond motifs is 2. The third-order valence-electron chi connectivity index (χ3n) is 5.81. The van der Waals surface area contributed by atoms with Crippen molar-refractivity contribution in [1.29, 1.82) is 0 Å². The van der Waals surface area contributed by atoms with E-state index in [0.29, 0.717) is 16.1 Å². The van der Waals surface area contributed by atoms with Gasteiger partial charge in [-0.3, -0.25) is 14.3 Å². The molecule has 6 heteroatoms. The second-order valence-electron chi connectivity index (χ2n) is 8.14. The van der Waals surface area contributed by atoms with Crippen LogP contribution in [-0.4, -0.2) is 20.5 Å². The Morgan fingerprint density at radius 2 is 1.91 bits per heavy atom. The SMILES string of the molecule is CCCn1ncc2cc(/C=C/C(=O)c3c(-c4ccccc4)c4cc(Cl)ccc4[nH]c3=O)ccc21. The maximum atomic E-state index is 13.4. The predicted octanol–water partition coefficient (Wildman–Crippen LogP) is 6.50. The molecule has 3 aromatic carbocycles. The maximum Gasteiger partial charge on any atom is 0.260 e. The van der Waals surface area contributed by atoms with Gasteiger partial charge >= 0.3 is 0 Å². The highest BCUT2D eigenvalue weighted by Crippen LogP contribution is 2.31. The van der Waals surface area contributed by atoms with Gasteiger partial charge in [0.1, 0.15) is 0 Å². The van der Waals surface area contributed by atoms with Crippen LogP contribution in [0.25, 0.3) is 39.0 Å². The van der Waals surface area contributed by atoms with Crippen LogP contribution in [0.2, 0.25) is 5.02 Å². The number of aryl methyl sites for hydroxylation is 1. The molecular formula is C28H22ClN3O2. The number of aromatic nitrogens is 3. The van der Waals surface area contributed by atoms with E-state index in [2.05, 4.69) is 17.0 Å². The molecule has 5 aromatic rings. The Morgan fingerprint density at radius 1 is 1.09 bits per heavy atom. The number of nitrogens with one attached hydrogen (secondary N) is 1. The van der Waals surface area contributed by atoms with E-state index in [1.165, 1.54) is 6.08 Å². The molecule has 34 heavy (non-hydrogen) atoms. The number of hydrogen-bond acceptors (Lipinski definition) is 3. The minimum Gasteiger partial charge on any atom is -0.321 e. The van der Waals surface area contributed by atoms with Crippen molar-refractivity contribution < 1.29 is 4.79 Å². The largest absolute Gasteiger partial charge is 0.321 e. The number of rotatable bonds is 6. The average molecular weight is 468 g/mol. The molecule has 168 valence electrons. The summed E-state index contributed by atoms with van der Waals surface area (Å²) in [4.78, 5) is 29.2. The monoisotopic (exact) mass is 467 g/mol. The van der Waals surface area contributed by atoms with Crippen molar-refractivity contribution >= 4 is 45.3 Å². The summed E-state index contributed by atoms with van der Waals surface area (Å²) in [6, 6.07) is 20.6. The van der Waals surface area contributed by atoms with E-state index in [0.717, 1.165) is 40.4 Å². The topological polar surface area (TPSA) is 67.8 Å². The lowest BCUT2D eigenvalue weighted by Crippen LogP contribution is -2.18. The fourth-order valence-corrected chi connectivity index (χ4v) is 4.43. The van der Waals surface area contributed by atoms with E-state index >= 15 is 0 Å². The zero-order valence-electron chi connectivity index (χ0n) is 18.6. The van der Waals surface area contributed by atoms with Crippen LogP contribution >= 0.6 is 11.6 Å². The molecule has 0 saturated carbocycles. The molecule has 0 fully saturated rings. The fraction of sp³-hybridized carbons (Fsp3) is 0.107. The van der Waals surface area contributed by atoms with Gasteiger partial charge in [-0.1, -0.05) is 61.0 Å². The van der Waals surface area contributed by atoms with Gasteiger partial charge in [0, 0.05) is 33.4 Å². The summed E-state index contributed by atoms with van der Waals surface area (Å²) in [6.45, 7) is 2.97. The molecule has 0 aliphatic heterocycles. The highest BCUT2D eigenvalue weighted by atomic mass is 35.5. The molecule has 0 unspecified atom stereocenters. The van der Waals surface area contributed by atoms with Crippen molar-refractivity contribution in [3.63, 3.8) is 0 Å². The summed E-state index contributed by atoms with van der Waals surface area (Å²) in [5.74, 6) is -0.372. The number of benzene rings is 3. The van der Waals surface area contributed by atoms with Crippen LogP contribution in [0.3, 0.4) is 0 Å². The van der Waals surface area contributed by atoms with E-state index in [1.54, 1.807) is 24.3 Å². The Hall–Kier alpha value is -3.96. The number of allylic oxidation sites excluding steroid dienone is 1. The Balaban J connectivity index is 1.59. The van der Waals surface area contributed by atoms with E-state index in [4.69, 9.17) is 11.6 Å². The fourth-order valence-electron chi connectivity index (χ4n) is 4.26. The smallest absolute Gasteiger partial charge is 0.260 e. The van der Waals surface area contributed by atoms with Crippen molar-refractivity contribution in [2.75, 3.05) is 0 Å². The molecular weight excluding hydrogens is 446 g/mol. The normalized spacial score (nSPS) is 11.6. The first-order valence-corrected chi connectivity index (χ1v) is 11.5. The Morgan fingerprint density at radius 3 is 2.71 bits per heavy atom. The maximum absolute atomic E-state index is 13.4. The number of H-pyrrole nitrogens is 1. The summed E-state index contributed by atoms with van der Waals surface area (Å²) in [5.41, 5.74) is 3.56. The van der Waals surface area contributed by atoms with Gasteiger partial charge in [-0.2, -0.15) is 5.10 Å². The van der Waals surface area contributed by atoms with Gasteiger partial charge in [-0.15, -0.1) is 0 Å². The molecule has 2 heterocycles. The summed E-state index contributed by atoms with van der Waals surface area (Å²) in [6.07, 6.45) is 6.01. The van der Waals surface area contributed by atoms with Gasteiger partial charge in [0.2, 0.25) is 0 Å². The number of carbonyl (C=O) groups excluding carboxylic acids is 1. The molecule has 5 rings (SSSR count). The van der Waals surface area contributed by atoms with E-state index in [1.807, 2.05) is 59.4 Å². The third kappa shape index (κ3) is 4.06. The van der Waals surface area contributed by atoms with Crippen molar-refractivity contribution in [1.82, 2.24) is 14.8 Å². The van der Waals surface area contributed by atoms with Gasteiger partial charge in [-0.25, -0.2) is 0 Å². The number of carbonyl (C=O) groups is 1. The molecule has 1 N–H and O–H groups in total. The number of nitrogens with zero attached hydrogens (tertiary/aromatic N) is 2. The first-order valence-electron chi connectivity index (χ1n) is 11.1. The highest BCUT2D eigenvalue weighted by Gasteiger charge is 2.19. The lowest BCUT2D eigenvalue weighted by molar-refractivity contribution is 0.104. The molecule has 0 aliphatic carbocycles. The van der Waals surface area contributed by atoms with Gasteiger partial charge in [0.05, 0.1) is 17.3 Å².